The molecule has 2 aromatic rings. The number of halogens is 1. The van der Waals surface area contributed by atoms with Crippen molar-refractivity contribution in [3.8, 4) is 0 Å². The van der Waals surface area contributed by atoms with Gasteiger partial charge in [-0.3, -0.25) is 0 Å². The molecule has 0 aromatic heterocycles. The van der Waals surface area contributed by atoms with Crippen LogP contribution in [-0.4, -0.2) is 17.4 Å². The molecule has 0 amide bonds. The number of hydrazone groups is 1. The molecular weight excluding hydrogens is 384 g/mol. The van der Waals surface area contributed by atoms with E-state index in [4.69, 9.17) is 5.73 Å². The summed E-state index contributed by atoms with van der Waals surface area (Å²) >= 11 is 5.37. The second-order valence-corrected chi connectivity index (χ2v) is 7.73. The maximum Gasteiger partial charge on any atom is 0.214 e. The standard InChI is InChI=1S/C18H19BrN4S/c1-11-3-5-14(9-12(11)2)21-18(20)23-22-16-7-8-24-17-6-4-13(19)10-15(16)17/h3-6,9-10H,7-8H2,1-2H3,(H3,20,21,23)/b22-16+. The fourth-order valence-electron chi connectivity index (χ4n) is 2.45. The topological polar surface area (TPSA) is 62.8 Å². The lowest BCUT2D eigenvalue weighted by molar-refractivity contribution is 0.986. The lowest BCUT2D eigenvalue weighted by Gasteiger charge is -2.17. The summed E-state index contributed by atoms with van der Waals surface area (Å²) in [5, 5.41) is 4.48. The summed E-state index contributed by atoms with van der Waals surface area (Å²) in [6.45, 7) is 4.14. The van der Waals surface area contributed by atoms with Crippen LogP contribution in [0.2, 0.25) is 0 Å². The molecule has 1 aliphatic heterocycles. The number of nitrogens with two attached hydrogens (primary N) is 1. The quantitative estimate of drug-likeness (QED) is 0.441. The molecule has 0 saturated heterocycles. The number of benzene rings is 2. The van der Waals surface area contributed by atoms with Crippen LogP contribution in [-0.2, 0) is 0 Å². The number of rotatable bonds is 2. The molecule has 0 fully saturated rings. The lowest BCUT2D eigenvalue weighted by atomic mass is 10.1. The molecule has 3 rings (SSSR count). The zero-order valence-corrected chi connectivity index (χ0v) is 16.0. The van der Waals surface area contributed by atoms with Gasteiger partial charge in [-0.2, -0.15) is 5.10 Å². The Hall–Kier alpha value is -1.79. The summed E-state index contributed by atoms with van der Waals surface area (Å²) in [4.78, 5) is 5.63. The van der Waals surface area contributed by atoms with Gasteiger partial charge in [0.1, 0.15) is 0 Å². The summed E-state index contributed by atoms with van der Waals surface area (Å²) in [6, 6.07) is 12.3. The van der Waals surface area contributed by atoms with Crippen LogP contribution >= 0.6 is 27.7 Å². The van der Waals surface area contributed by atoms with Crippen LogP contribution in [0.25, 0.3) is 0 Å². The van der Waals surface area contributed by atoms with Crippen LogP contribution in [0.5, 0.6) is 0 Å². The van der Waals surface area contributed by atoms with Gasteiger partial charge in [0.2, 0.25) is 5.96 Å². The molecule has 1 aliphatic rings. The van der Waals surface area contributed by atoms with E-state index in [9.17, 15) is 0 Å². The molecule has 6 heteroatoms. The molecule has 0 spiro atoms. The van der Waals surface area contributed by atoms with Crippen LogP contribution < -0.4 is 11.2 Å². The van der Waals surface area contributed by atoms with E-state index in [1.165, 1.54) is 16.0 Å². The zero-order valence-electron chi connectivity index (χ0n) is 13.6. The van der Waals surface area contributed by atoms with Gasteiger partial charge in [0.25, 0.3) is 0 Å². The van der Waals surface area contributed by atoms with Gasteiger partial charge in [0.15, 0.2) is 0 Å². The Morgan fingerprint density at radius 1 is 1.17 bits per heavy atom. The molecular formula is C18H19BrN4S. The van der Waals surface area contributed by atoms with Crippen molar-refractivity contribution in [2.75, 3.05) is 5.75 Å². The van der Waals surface area contributed by atoms with E-state index in [-0.39, 0.29) is 0 Å². The molecule has 4 nitrogen and oxygen atoms in total. The van der Waals surface area contributed by atoms with Crippen molar-refractivity contribution in [1.82, 2.24) is 5.43 Å². The Bertz CT molecular complexity index is 830. The number of thioether (sulfide) groups is 1. The second kappa shape index (κ2) is 7.40. The molecule has 0 saturated carbocycles. The van der Waals surface area contributed by atoms with Crippen molar-refractivity contribution >= 4 is 45.1 Å². The maximum atomic E-state index is 5.98. The molecule has 24 heavy (non-hydrogen) atoms. The van der Waals surface area contributed by atoms with Crippen molar-refractivity contribution < 1.29 is 0 Å². The highest BCUT2D eigenvalue weighted by atomic mass is 79.9. The first-order chi connectivity index (χ1) is 11.5. The predicted molar refractivity (Wildman–Crippen MR) is 106 cm³/mol. The third-order valence-corrected chi connectivity index (χ3v) is 5.46. The largest absolute Gasteiger partial charge is 0.368 e. The average molecular weight is 403 g/mol. The molecule has 0 bridgehead atoms. The Kier molecular flexibility index (Phi) is 5.26. The first kappa shape index (κ1) is 17.0. The summed E-state index contributed by atoms with van der Waals surface area (Å²) in [7, 11) is 0. The molecule has 0 radical (unpaired) electrons. The number of nitrogens with zero attached hydrogens (tertiary/aromatic N) is 2. The lowest BCUT2D eigenvalue weighted by Crippen LogP contribution is -2.28. The number of aryl methyl sites for hydroxylation is 2. The van der Waals surface area contributed by atoms with E-state index in [0.29, 0.717) is 5.96 Å². The van der Waals surface area contributed by atoms with E-state index in [0.717, 1.165) is 33.6 Å². The van der Waals surface area contributed by atoms with Gasteiger partial charge in [0.05, 0.1) is 11.4 Å². The van der Waals surface area contributed by atoms with Crippen molar-refractivity contribution in [3.05, 3.63) is 57.6 Å². The highest BCUT2D eigenvalue weighted by molar-refractivity contribution is 9.10. The first-order valence-electron chi connectivity index (χ1n) is 7.69. The van der Waals surface area contributed by atoms with Crippen molar-refractivity contribution in [1.29, 1.82) is 0 Å². The number of hydrogen-bond acceptors (Lipinski definition) is 3. The molecule has 124 valence electrons. The van der Waals surface area contributed by atoms with E-state index in [2.05, 4.69) is 63.5 Å². The van der Waals surface area contributed by atoms with Crippen molar-refractivity contribution in [2.45, 2.75) is 25.2 Å². The predicted octanol–water partition coefficient (Wildman–Crippen LogP) is 4.50. The highest BCUT2D eigenvalue weighted by Crippen LogP contribution is 2.32. The van der Waals surface area contributed by atoms with Gasteiger partial charge in [-0.05, 0) is 55.3 Å². The average Bonchev–Trinajstić information content (AvgIpc) is 2.56. The Labute approximate surface area is 154 Å². The molecule has 2 aromatic carbocycles. The fourth-order valence-corrected chi connectivity index (χ4v) is 3.82. The molecule has 1 heterocycles. The number of hydrogen-bond donors (Lipinski definition) is 2. The smallest absolute Gasteiger partial charge is 0.214 e. The number of guanidine groups is 1. The molecule has 0 aliphatic carbocycles. The minimum atomic E-state index is 0.292. The minimum Gasteiger partial charge on any atom is -0.368 e. The monoisotopic (exact) mass is 402 g/mol. The number of aliphatic imine (C=N–C) groups is 1. The van der Waals surface area contributed by atoms with Crippen molar-refractivity contribution in [3.63, 3.8) is 0 Å². The maximum absolute atomic E-state index is 5.98. The molecule has 3 N–H and O–H groups in total. The third kappa shape index (κ3) is 3.99. The Morgan fingerprint density at radius 3 is 2.79 bits per heavy atom. The van der Waals surface area contributed by atoms with E-state index >= 15 is 0 Å². The highest BCUT2D eigenvalue weighted by Gasteiger charge is 2.16. The van der Waals surface area contributed by atoms with Crippen LogP contribution in [0.3, 0.4) is 0 Å². The van der Waals surface area contributed by atoms with Crippen LogP contribution in [0, 0.1) is 13.8 Å². The van der Waals surface area contributed by atoms with Gasteiger partial charge in [-0.1, -0.05) is 22.0 Å². The van der Waals surface area contributed by atoms with E-state index < -0.39 is 0 Å². The summed E-state index contributed by atoms with van der Waals surface area (Å²) < 4.78 is 1.05. The van der Waals surface area contributed by atoms with Crippen LogP contribution in [0.1, 0.15) is 23.1 Å². The SMILES string of the molecule is Cc1ccc(N=C(N)N/N=C2\CCSc3ccc(Br)cc32)cc1C. The zero-order chi connectivity index (χ0) is 17.1. The van der Waals surface area contributed by atoms with Gasteiger partial charge in [-0.15, -0.1) is 11.8 Å². The van der Waals surface area contributed by atoms with Crippen molar-refractivity contribution in [2.24, 2.45) is 15.8 Å². The van der Waals surface area contributed by atoms with Crippen LogP contribution in [0.4, 0.5) is 5.69 Å². The van der Waals surface area contributed by atoms with Gasteiger partial charge in [0, 0.05) is 27.1 Å². The summed E-state index contributed by atoms with van der Waals surface area (Å²) in [6.07, 6.45) is 0.901. The second-order valence-electron chi connectivity index (χ2n) is 5.67. The molecule has 0 atom stereocenters. The first-order valence-corrected chi connectivity index (χ1v) is 9.47. The summed E-state index contributed by atoms with van der Waals surface area (Å²) in [5.41, 5.74) is 14.3. The Morgan fingerprint density at radius 2 is 2.00 bits per heavy atom. The van der Waals surface area contributed by atoms with Gasteiger partial charge in [-0.25, -0.2) is 10.4 Å². The summed E-state index contributed by atoms with van der Waals surface area (Å²) in [5.74, 6) is 1.31. The third-order valence-electron chi connectivity index (χ3n) is 3.89. The number of nitrogens with one attached hydrogen (secondary N) is 1. The van der Waals surface area contributed by atoms with E-state index in [1.54, 1.807) is 0 Å². The van der Waals surface area contributed by atoms with Gasteiger partial charge < -0.3 is 5.73 Å². The fraction of sp³-hybridized carbons (Fsp3) is 0.222. The Balaban J connectivity index is 1.79. The molecule has 0 unspecified atom stereocenters. The normalized spacial score (nSPS) is 16.1. The minimum absolute atomic E-state index is 0.292. The van der Waals surface area contributed by atoms with Gasteiger partial charge >= 0.3 is 0 Å². The van der Waals surface area contributed by atoms with Crippen LogP contribution in [0.15, 0.2) is 55.9 Å². The van der Waals surface area contributed by atoms with E-state index in [1.807, 2.05) is 30.0 Å². The number of fused-ring (bicyclic) bond motifs is 1.